The van der Waals surface area contributed by atoms with Crippen molar-refractivity contribution in [2.24, 2.45) is 0 Å². The minimum absolute atomic E-state index is 0.0976. The number of aromatic nitrogens is 1. The Morgan fingerprint density at radius 3 is 2.60 bits per heavy atom. The fraction of sp³-hybridized carbons (Fsp3) is 0.130. The first-order valence-corrected chi connectivity index (χ1v) is 10.3. The van der Waals surface area contributed by atoms with E-state index in [1.165, 1.54) is 17.4 Å². The van der Waals surface area contributed by atoms with Crippen LogP contribution in [-0.4, -0.2) is 23.6 Å². The average molecular weight is 420 g/mol. The molecule has 0 radical (unpaired) electrons. The summed E-state index contributed by atoms with van der Waals surface area (Å²) in [5.41, 5.74) is 1.19. The van der Waals surface area contributed by atoms with Crippen LogP contribution in [-0.2, 0) is 11.3 Å². The maximum absolute atomic E-state index is 14.2. The van der Waals surface area contributed by atoms with Gasteiger partial charge >= 0.3 is 0 Å². The smallest absolute Gasteiger partial charge is 0.273 e. The number of hydrogen-bond acceptors (Lipinski definition) is 5. The molecule has 0 aliphatic carbocycles. The van der Waals surface area contributed by atoms with Gasteiger partial charge in [-0.1, -0.05) is 59.9 Å². The zero-order chi connectivity index (χ0) is 20.5. The third-order valence-corrected chi connectivity index (χ3v) is 5.87. The van der Waals surface area contributed by atoms with Gasteiger partial charge in [-0.15, -0.1) is 0 Å². The summed E-state index contributed by atoms with van der Waals surface area (Å²) >= 11 is 1.27. The van der Waals surface area contributed by atoms with Crippen LogP contribution in [0.4, 0.5) is 9.52 Å². The number of amides is 1. The number of thiazole rings is 1. The number of hydrogen-bond donors (Lipinski definition) is 0. The van der Waals surface area contributed by atoms with E-state index in [1.807, 2.05) is 42.5 Å². The highest BCUT2D eigenvalue weighted by atomic mass is 32.1. The molecule has 0 fully saturated rings. The molecule has 4 aromatic rings. The Morgan fingerprint density at radius 1 is 1.03 bits per heavy atom. The topological polar surface area (TPSA) is 51.7 Å². The third kappa shape index (κ3) is 3.48. The molecule has 5 nitrogen and oxygen atoms in total. The van der Waals surface area contributed by atoms with Gasteiger partial charge < -0.3 is 9.47 Å². The number of benzene rings is 3. The Hall–Kier alpha value is -3.45. The zero-order valence-electron chi connectivity index (χ0n) is 15.8. The summed E-state index contributed by atoms with van der Waals surface area (Å²) in [5.74, 6) is 0.441. The molecular weight excluding hydrogens is 403 g/mol. The van der Waals surface area contributed by atoms with E-state index < -0.39 is 11.9 Å². The average Bonchev–Trinajstić information content (AvgIpc) is 3.23. The molecule has 0 spiro atoms. The molecule has 0 saturated heterocycles. The van der Waals surface area contributed by atoms with Gasteiger partial charge in [-0.2, -0.15) is 0 Å². The Morgan fingerprint density at radius 2 is 1.80 bits per heavy atom. The van der Waals surface area contributed by atoms with Gasteiger partial charge in [-0.25, -0.2) is 9.37 Å². The van der Waals surface area contributed by atoms with Crippen molar-refractivity contribution in [1.29, 1.82) is 0 Å². The van der Waals surface area contributed by atoms with Crippen LogP contribution in [0.2, 0.25) is 0 Å². The van der Waals surface area contributed by atoms with E-state index in [1.54, 1.807) is 29.2 Å². The lowest BCUT2D eigenvalue weighted by molar-refractivity contribution is -0.127. The minimum Gasteiger partial charge on any atom is -0.485 e. The molecule has 3 aromatic carbocycles. The Kier molecular flexibility index (Phi) is 4.80. The van der Waals surface area contributed by atoms with Gasteiger partial charge in [0.25, 0.3) is 5.91 Å². The lowest BCUT2D eigenvalue weighted by atomic mass is 10.2. The largest absolute Gasteiger partial charge is 0.485 e. The number of carbonyl (C=O) groups is 1. The van der Waals surface area contributed by atoms with Crippen molar-refractivity contribution in [2.75, 3.05) is 11.5 Å². The molecule has 7 heteroatoms. The normalized spacial score (nSPS) is 15.2. The molecule has 0 saturated carbocycles. The number of rotatable bonds is 4. The van der Waals surface area contributed by atoms with Gasteiger partial charge in [0.2, 0.25) is 6.10 Å². The first-order valence-electron chi connectivity index (χ1n) is 9.48. The number of halogens is 1. The SMILES string of the molecule is O=C(C1COc2ccccc2O1)N(Cc1ccccc1)c1nc2c(F)cccc2s1. The second kappa shape index (κ2) is 7.76. The zero-order valence-corrected chi connectivity index (χ0v) is 16.6. The van der Waals surface area contributed by atoms with Crippen LogP contribution in [0.3, 0.4) is 0 Å². The molecule has 0 bridgehead atoms. The van der Waals surface area contributed by atoms with Crippen molar-refractivity contribution < 1.29 is 18.7 Å². The molecule has 1 aromatic heterocycles. The van der Waals surface area contributed by atoms with E-state index in [4.69, 9.17) is 9.47 Å². The molecule has 5 rings (SSSR count). The summed E-state index contributed by atoms with van der Waals surface area (Å²) < 4.78 is 26.5. The standard InChI is InChI=1S/C23H17FN2O3S/c24-16-9-6-12-20-21(16)25-23(30-20)26(13-15-7-2-1-3-8-15)22(27)19-14-28-17-10-4-5-11-18(17)29-19/h1-12,19H,13-14H2. The van der Waals surface area contributed by atoms with Crippen molar-refractivity contribution >= 4 is 32.6 Å². The number of fused-ring (bicyclic) bond motifs is 2. The van der Waals surface area contributed by atoms with Crippen LogP contribution in [0.25, 0.3) is 10.2 Å². The summed E-state index contributed by atoms with van der Waals surface area (Å²) in [6.45, 7) is 0.392. The second-order valence-corrected chi connectivity index (χ2v) is 7.87. The Bertz CT molecular complexity index is 1210. The van der Waals surface area contributed by atoms with E-state index in [0.717, 1.165) is 5.56 Å². The third-order valence-electron chi connectivity index (χ3n) is 4.82. The Labute approximate surface area is 176 Å². The Balaban J connectivity index is 1.50. The van der Waals surface area contributed by atoms with Crippen molar-refractivity contribution in [2.45, 2.75) is 12.6 Å². The molecule has 1 amide bonds. The molecule has 1 atom stereocenters. The van der Waals surface area contributed by atoms with Crippen LogP contribution in [0, 0.1) is 5.82 Å². The monoisotopic (exact) mass is 420 g/mol. The molecule has 30 heavy (non-hydrogen) atoms. The van der Waals surface area contributed by atoms with E-state index >= 15 is 0 Å². The highest BCUT2D eigenvalue weighted by Gasteiger charge is 2.33. The molecule has 1 unspecified atom stereocenters. The van der Waals surface area contributed by atoms with Crippen molar-refractivity contribution in [1.82, 2.24) is 4.98 Å². The van der Waals surface area contributed by atoms with Crippen LogP contribution in [0.5, 0.6) is 11.5 Å². The second-order valence-electron chi connectivity index (χ2n) is 6.86. The van der Waals surface area contributed by atoms with Gasteiger partial charge in [0, 0.05) is 0 Å². The number of carbonyl (C=O) groups excluding carboxylic acids is 1. The summed E-state index contributed by atoms with van der Waals surface area (Å²) in [4.78, 5) is 19.4. The first-order chi connectivity index (χ1) is 14.7. The molecular formula is C23H17FN2O3S. The van der Waals surface area contributed by atoms with Crippen LogP contribution in [0.1, 0.15) is 5.56 Å². The summed E-state index contributed by atoms with van der Waals surface area (Å²) in [6, 6.07) is 21.6. The van der Waals surface area contributed by atoms with Crippen molar-refractivity contribution in [3.05, 3.63) is 84.2 Å². The van der Waals surface area contributed by atoms with Gasteiger partial charge in [0.1, 0.15) is 17.9 Å². The van der Waals surface area contributed by atoms with Gasteiger partial charge in [0.15, 0.2) is 16.6 Å². The number of nitrogens with zero attached hydrogens (tertiary/aromatic N) is 2. The maximum atomic E-state index is 14.2. The van der Waals surface area contributed by atoms with Crippen molar-refractivity contribution in [3.63, 3.8) is 0 Å². The predicted molar refractivity (Wildman–Crippen MR) is 114 cm³/mol. The summed E-state index contributed by atoms with van der Waals surface area (Å²) in [6.07, 6.45) is -0.819. The molecule has 1 aliphatic rings. The molecule has 150 valence electrons. The van der Waals surface area contributed by atoms with Crippen LogP contribution in [0.15, 0.2) is 72.8 Å². The van der Waals surface area contributed by atoms with Crippen molar-refractivity contribution in [3.8, 4) is 11.5 Å². The summed E-state index contributed by atoms with van der Waals surface area (Å²) in [7, 11) is 0. The fourth-order valence-electron chi connectivity index (χ4n) is 3.34. The van der Waals surface area contributed by atoms with Gasteiger partial charge in [-0.3, -0.25) is 9.69 Å². The first kappa shape index (κ1) is 18.6. The maximum Gasteiger partial charge on any atom is 0.273 e. The fourth-order valence-corrected chi connectivity index (χ4v) is 4.32. The molecule has 0 N–H and O–H groups in total. The van der Waals surface area contributed by atoms with E-state index in [9.17, 15) is 9.18 Å². The number of anilines is 1. The lowest BCUT2D eigenvalue weighted by Gasteiger charge is -2.29. The van der Waals surface area contributed by atoms with E-state index in [0.29, 0.717) is 27.9 Å². The van der Waals surface area contributed by atoms with Gasteiger partial charge in [0.05, 0.1) is 11.2 Å². The minimum atomic E-state index is -0.819. The molecule has 2 heterocycles. The quantitative estimate of drug-likeness (QED) is 0.476. The molecule has 1 aliphatic heterocycles. The van der Waals surface area contributed by atoms with E-state index in [2.05, 4.69) is 4.98 Å². The highest BCUT2D eigenvalue weighted by Crippen LogP contribution is 2.34. The number of ether oxygens (including phenoxy) is 2. The van der Waals surface area contributed by atoms with Crippen LogP contribution >= 0.6 is 11.3 Å². The predicted octanol–water partition coefficient (Wildman–Crippen LogP) is 4.81. The van der Waals surface area contributed by atoms with Crippen LogP contribution < -0.4 is 14.4 Å². The highest BCUT2D eigenvalue weighted by molar-refractivity contribution is 7.22. The van der Waals surface area contributed by atoms with E-state index in [-0.39, 0.29) is 18.0 Å². The lowest BCUT2D eigenvalue weighted by Crippen LogP contribution is -2.46. The summed E-state index contributed by atoms with van der Waals surface area (Å²) in [5, 5.41) is 0.423. The number of para-hydroxylation sites is 3. The van der Waals surface area contributed by atoms with Gasteiger partial charge in [-0.05, 0) is 29.8 Å².